The van der Waals surface area contributed by atoms with Gasteiger partial charge in [0.1, 0.15) is 0 Å². The molecule has 0 spiro atoms. The Morgan fingerprint density at radius 1 is 1.08 bits per heavy atom. The Kier molecular flexibility index (Phi) is 3.99. The van der Waals surface area contributed by atoms with Crippen LogP contribution in [0.4, 0.5) is 0 Å². The molecule has 9 unspecified atom stereocenters. The molecule has 25 heavy (non-hydrogen) atoms. The summed E-state index contributed by atoms with van der Waals surface area (Å²) >= 11 is 0. The van der Waals surface area contributed by atoms with Gasteiger partial charge in [-0.3, -0.25) is 4.79 Å². The standard InChI is InChI=1S/C21H33NO3/c1-11(22)13-4-5-14-12-8-17(23)16-9-18(24)19(25)10-21(16,3)15(12)6-7-20(13,14)2/h8,11,13-16,18-19,24-25H,4-7,9-10,22H2,1-3H3. The largest absolute Gasteiger partial charge is 0.390 e. The fourth-order valence-corrected chi connectivity index (χ4v) is 7.30. The number of nitrogens with two attached hydrogens (primary N) is 1. The molecule has 3 fully saturated rings. The van der Waals surface area contributed by atoms with Crippen LogP contribution >= 0.6 is 0 Å². The SMILES string of the molecule is CC(N)C1CCC2C3=CC(=O)C4CC(O)C(O)CC4(C)C3CCC21C. The molecule has 4 N–H and O–H groups in total. The van der Waals surface area contributed by atoms with E-state index in [4.69, 9.17) is 5.73 Å². The molecule has 4 rings (SSSR count). The van der Waals surface area contributed by atoms with Crippen molar-refractivity contribution in [3.8, 4) is 0 Å². The van der Waals surface area contributed by atoms with Gasteiger partial charge in [0, 0.05) is 12.0 Å². The molecule has 0 bridgehead atoms. The fraction of sp³-hybridized carbons (Fsp3) is 0.857. The minimum Gasteiger partial charge on any atom is -0.390 e. The van der Waals surface area contributed by atoms with Gasteiger partial charge in [0.15, 0.2) is 5.78 Å². The normalized spacial score (nSPS) is 53.5. The van der Waals surface area contributed by atoms with Crippen molar-refractivity contribution in [2.75, 3.05) is 0 Å². The maximum Gasteiger partial charge on any atom is 0.159 e. The van der Waals surface area contributed by atoms with Crippen molar-refractivity contribution in [2.45, 2.75) is 77.5 Å². The topological polar surface area (TPSA) is 83.6 Å². The fourth-order valence-electron chi connectivity index (χ4n) is 7.30. The van der Waals surface area contributed by atoms with Crippen LogP contribution < -0.4 is 5.73 Å². The molecule has 140 valence electrons. The lowest BCUT2D eigenvalue weighted by molar-refractivity contribution is -0.143. The molecule has 0 saturated heterocycles. The van der Waals surface area contributed by atoms with E-state index in [1.54, 1.807) is 0 Å². The van der Waals surface area contributed by atoms with E-state index in [1.807, 2.05) is 6.08 Å². The number of hydrogen-bond donors (Lipinski definition) is 3. The highest BCUT2D eigenvalue weighted by molar-refractivity contribution is 5.94. The molecule has 0 amide bonds. The molecular formula is C21H33NO3. The second-order valence-corrected chi connectivity index (χ2v) is 9.87. The predicted molar refractivity (Wildman–Crippen MR) is 96.6 cm³/mol. The van der Waals surface area contributed by atoms with Gasteiger partial charge in [0.2, 0.25) is 0 Å². The Morgan fingerprint density at radius 3 is 2.44 bits per heavy atom. The van der Waals surface area contributed by atoms with Crippen LogP contribution in [0.15, 0.2) is 11.6 Å². The number of carbonyl (C=O) groups excluding carboxylic acids is 1. The highest BCUT2D eigenvalue weighted by atomic mass is 16.3. The first kappa shape index (κ1) is 17.7. The van der Waals surface area contributed by atoms with Crippen molar-refractivity contribution < 1.29 is 15.0 Å². The Labute approximate surface area is 150 Å². The number of allylic oxidation sites excluding steroid dienone is 2. The molecular weight excluding hydrogens is 314 g/mol. The number of aliphatic hydroxyl groups excluding tert-OH is 2. The third-order valence-electron chi connectivity index (χ3n) is 8.64. The van der Waals surface area contributed by atoms with Gasteiger partial charge in [-0.15, -0.1) is 0 Å². The summed E-state index contributed by atoms with van der Waals surface area (Å²) in [6.07, 6.45) is 5.91. The Morgan fingerprint density at radius 2 is 1.76 bits per heavy atom. The number of hydrogen-bond acceptors (Lipinski definition) is 4. The van der Waals surface area contributed by atoms with E-state index in [9.17, 15) is 15.0 Å². The molecule has 0 aromatic heterocycles. The van der Waals surface area contributed by atoms with E-state index >= 15 is 0 Å². The van der Waals surface area contributed by atoms with E-state index in [1.165, 1.54) is 5.57 Å². The van der Waals surface area contributed by atoms with Gasteiger partial charge in [0.05, 0.1) is 12.2 Å². The van der Waals surface area contributed by atoms with E-state index in [0.29, 0.717) is 30.6 Å². The molecule has 3 saturated carbocycles. The number of aliphatic hydroxyl groups is 2. The van der Waals surface area contributed by atoms with Gasteiger partial charge in [-0.05, 0) is 80.1 Å². The van der Waals surface area contributed by atoms with Crippen LogP contribution in [0, 0.1) is 34.5 Å². The van der Waals surface area contributed by atoms with Crippen LogP contribution in [0.5, 0.6) is 0 Å². The van der Waals surface area contributed by atoms with E-state index < -0.39 is 12.2 Å². The number of rotatable bonds is 1. The molecule has 0 aromatic carbocycles. The van der Waals surface area contributed by atoms with Crippen LogP contribution in [0.3, 0.4) is 0 Å². The van der Waals surface area contributed by atoms with Crippen LogP contribution in [-0.2, 0) is 4.79 Å². The highest BCUT2D eigenvalue weighted by Crippen LogP contribution is 2.65. The van der Waals surface area contributed by atoms with Crippen molar-refractivity contribution in [1.82, 2.24) is 0 Å². The van der Waals surface area contributed by atoms with Gasteiger partial charge >= 0.3 is 0 Å². The lowest BCUT2D eigenvalue weighted by Crippen LogP contribution is -2.56. The van der Waals surface area contributed by atoms with Gasteiger partial charge in [-0.1, -0.05) is 19.4 Å². The lowest BCUT2D eigenvalue weighted by Gasteiger charge is -2.57. The first-order valence-corrected chi connectivity index (χ1v) is 10.1. The Balaban J connectivity index is 1.73. The average Bonchev–Trinajstić information content (AvgIpc) is 2.88. The quantitative estimate of drug-likeness (QED) is 0.680. The van der Waals surface area contributed by atoms with Crippen molar-refractivity contribution in [1.29, 1.82) is 0 Å². The molecule has 4 nitrogen and oxygen atoms in total. The molecule has 0 radical (unpaired) electrons. The zero-order valence-electron chi connectivity index (χ0n) is 15.7. The summed E-state index contributed by atoms with van der Waals surface area (Å²) in [4.78, 5) is 13.0. The second kappa shape index (κ2) is 5.64. The van der Waals surface area contributed by atoms with Gasteiger partial charge in [-0.2, -0.15) is 0 Å². The molecule has 0 aromatic rings. The second-order valence-electron chi connectivity index (χ2n) is 9.87. The molecule has 0 aliphatic heterocycles. The van der Waals surface area contributed by atoms with Crippen LogP contribution in [0.2, 0.25) is 0 Å². The molecule has 9 atom stereocenters. The molecule has 4 aliphatic carbocycles. The maximum atomic E-state index is 13.0. The zero-order valence-corrected chi connectivity index (χ0v) is 15.7. The van der Waals surface area contributed by atoms with Gasteiger partial charge in [-0.25, -0.2) is 0 Å². The number of ketones is 1. The first-order chi connectivity index (χ1) is 11.7. The Hall–Kier alpha value is -0.710. The smallest absolute Gasteiger partial charge is 0.159 e. The summed E-state index contributed by atoms with van der Waals surface area (Å²) in [6, 6.07) is 0.196. The molecule has 4 aliphatic rings. The summed E-state index contributed by atoms with van der Waals surface area (Å²) in [6.45, 7) is 6.69. The third-order valence-corrected chi connectivity index (χ3v) is 8.64. The summed E-state index contributed by atoms with van der Waals surface area (Å²) in [7, 11) is 0. The van der Waals surface area contributed by atoms with Crippen molar-refractivity contribution in [3.05, 3.63) is 11.6 Å². The summed E-state index contributed by atoms with van der Waals surface area (Å²) < 4.78 is 0. The number of fused-ring (bicyclic) bond motifs is 5. The van der Waals surface area contributed by atoms with Gasteiger partial charge in [0.25, 0.3) is 0 Å². The molecule has 0 heterocycles. The monoisotopic (exact) mass is 347 g/mol. The first-order valence-electron chi connectivity index (χ1n) is 10.1. The summed E-state index contributed by atoms with van der Waals surface area (Å²) in [5, 5.41) is 20.4. The molecule has 4 heteroatoms. The van der Waals surface area contributed by atoms with Gasteiger partial charge < -0.3 is 15.9 Å². The van der Waals surface area contributed by atoms with Crippen LogP contribution in [-0.4, -0.2) is 34.2 Å². The van der Waals surface area contributed by atoms with Crippen molar-refractivity contribution >= 4 is 5.78 Å². The number of carbonyl (C=O) groups is 1. The zero-order chi connectivity index (χ0) is 18.1. The minimum absolute atomic E-state index is 0.144. The highest BCUT2D eigenvalue weighted by Gasteiger charge is 2.60. The average molecular weight is 347 g/mol. The Bertz CT molecular complexity index is 614. The van der Waals surface area contributed by atoms with Crippen molar-refractivity contribution in [2.24, 2.45) is 40.2 Å². The van der Waals surface area contributed by atoms with E-state index in [2.05, 4.69) is 20.8 Å². The van der Waals surface area contributed by atoms with E-state index in [0.717, 1.165) is 25.7 Å². The van der Waals surface area contributed by atoms with Crippen LogP contribution in [0.1, 0.15) is 59.3 Å². The predicted octanol–water partition coefficient (Wildman–Crippen LogP) is 2.42. The summed E-state index contributed by atoms with van der Waals surface area (Å²) in [5.41, 5.74) is 7.63. The van der Waals surface area contributed by atoms with Crippen molar-refractivity contribution in [3.63, 3.8) is 0 Å². The third kappa shape index (κ3) is 2.33. The summed E-state index contributed by atoms with van der Waals surface area (Å²) in [5.74, 6) is 1.37. The maximum absolute atomic E-state index is 13.0. The van der Waals surface area contributed by atoms with Crippen LogP contribution in [0.25, 0.3) is 0 Å². The minimum atomic E-state index is -0.764. The van der Waals surface area contributed by atoms with E-state index in [-0.39, 0.29) is 28.6 Å². The lowest BCUT2D eigenvalue weighted by atomic mass is 9.47.